The molecule has 0 bridgehead atoms. The molecule has 1 heterocycles. The predicted octanol–water partition coefficient (Wildman–Crippen LogP) is 7.25. The zero-order chi connectivity index (χ0) is 18.4. The molecule has 3 atom stereocenters. The zero-order valence-electron chi connectivity index (χ0n) is 17.4. The summed E-state index contributed by atoms with van der Waals surface area (Å²) in [4.78, 5) is 0. The number of ether oxygens (including phenoxy) is 1. The molecule has 0 aromatic carbocycles. The Morgan fingerprint density at radius 3 is 2.56 bits per heavy atom. The summed E-state index contributed by atoms with van der Waals surface area (Å²) in [6.07, 6.45) is 15.4. The van der Waals surface area contributed by atoms with E-state index in [0.717, 1.165) is 18.4 Å². The molecule has 0 spiro atoms. The van der Waals surface area contributed by atoms with Gasteiger partial charge in [0.1, 0.15) is 0 Å². The van der Waals surface area contributed by atoms with Crippen molar-refractivity contribution in [3.63, 3.8) is 0 Å². The summed E-state index contributed by atoms with van der Waals surface area (Å²) >= 11 is 0. The molecule has 0 amide bonds. The summed E-state index contributed by atoms with van der Waals surface area (Å²) in [5.74, 6) is 1.73. The lowest BCUT2D eigenvalue weighted by molar-refractivity contribution is -0.0538. The third kappa shape index (κ3) is 6.13. The van der Waals surface area contributed by atoms with Crippen LogP contribution in [0.5, 0.6) is 0 Å². The topological polar surface area (TPSA) is 9.23 Å². The van der Waals surface area contributed by atoms with E-state index in [0.29, 0.717) is 11.5 Å². The van der Waals surface area contributed by atoms with Gasteiger partial charge in [0, 0.05) is 6.61 Å². The van der Waals surface area contributed by atoms with Crippen molar-refractivity contribution in [2.24, 2.45) is 17.3 Å². The average molecular weight is 345 g/mol. The molecule has 3 rings (SSSR count). The van der Waals surface area contributed by atoms with Crippen LogP contribution in [0.3, 0.4) is 0 Å². The first-order valence-electron chi connectivity index (χ1n) is 10.4. The Bertz CT molecular complexity index is 500. The molecule has 142 valence electrons. The standard InChI is InChI=1S/C15H24.C9H16O/c1-11-6-5-7-12(2)13-10-15(3,4)14(13)9-8-11;1-8(2)4-3-5-9-6-7-10-9/h6,13-14H,2,5,7-10H2,1,3-4H3;4,9H,3,5-7H2,1-2H3/b11-6+;/t13-,14-;/m1./s1. The molecule has 25 heavy (non-hydrogen) atoms. The number of rotatable bonds is 3. The van der Waals surface area contributed by atoms with Crippen LogP contribution in [0.15, 0.2) is 35.5 Å². The maximum absolute atomic E-state index is 5.28. The third-order valence-corrected chi connectivity index (χ3v) is 6.40. The largest absolute Gasteiger partial charge is 0.378 e. The van der Waals surface area contributed by atoms with Gasteiger partial charge in [-0.2, -0.15) is 0 Å². The van der Waals surface area contributed by atoms with Gasteiger partial charge in [-0.15, -0.1) is 0 Å². The Hall–Kier alpha value is -0.820. The van der Waals surface area contributed by atoms with E-state index >= 15 is 0 Å². The van der Waals surface area contributed by atoms with Crippen molar-refractivity contribution in [3.8, 4) is 0 Å². The molecular formula is C24H40O. The second-order valence-corrected chi connectivity index (χ2v) is 9.33. The number of hydrogen-bond acceptors (Lipinski definition) is 1. The lowest BCUT2D eigenvalue weighted by atomic mass is 9.52. The Balaban J connectivity index is 0.000000196. The highest BCUT2D eigenvalue weighted by atomic mass is 16.5. The Kier molecular flexibility index (Phi) is 7.55. The molecule has 1 heteroatoms. The van der Waals surface area contributed by atoms with Gasteiger partial charge in [0.2, 0.25) is 0 Å². The van der Waals surface area contributed by atoms with E-state index < -0.39 is 0 Å². The molecule has 1 unspecified atom stereocenters. The molecular weight excluding hydrogens is 304 g/mol. The molecule has 1 aliphatic heterocycles. The molecule has 1 saturated carbocycles. The van der Waals surface area contributed by atoms with Gasteiger partial charge in [0.15, 0.2) is 0 Å². The van der Waals surface area contributed by atoms with Crippen LogP contribution < -0.4 is 0 Å². The minimum absolute atomic E-state index is 0.568. The van der Waals surface area contributed by atoms with E-state index in [1.165, 1.54) is 62.5 Å². The van der Waals surface area contributed by atoms with Crippen LogP contribution in [-0.4, -0.2) is 12.7 Å². The lowest BCUT2D eigenvalue weighted by Crippen LogP contribution is -2.44. The molecule has 1 nitrogen and oxygen atoms in total. The molecule has 0 aromatic heterocycles. The van der Waals surface area contributed by atoms with E-state index in [4.69, 9.17) is 4.74 Å². The minimum Gasteiger partial charge on any atom is -0.378 e. The van der Waals surface area contributed by atoms with Crippen molar-refractivity contribution in [2.75, 3.05) is 6.61 Å². The molecule has 0 radical (unpaired) electrons. The van der Waals surface area contributed by atoms with Gasteiger partial charge in [-0.1, -0.05) is 49.3 Å². The number of fused-ring (bicyclic) bond motifs is 1. The molecule has 1 saturated heterocycles. The summed E-state index contributed by atoms with van der Waals surface area (Å²) in [7, 11) is 0. The van der Waals surface area contributed by atoms with Crippen LogP contribution in [0, 0.1) is 17.3 Å². The zero-order valence-corrected chi connectivity index (χ0v) is 17.4. The average Bonchev–Trinajstić information content (AvgIpc) is 2.52. The summed E-state index contributed by atoms with van der Waals surface area (Å²) in [5.41, 5.74) is 5.09. The maximum Gasteiger partial charge on any atom is 0.0600 e. The molecule has 3 aliphatic rings. The van der Waals surface area contributed by atoms with Crippen LogP contribution in [-0.2, 0) is 4.74 Å². The van der Waals surface area contributed by atoms with Crippen LogP contribution in [0.25, 0.3) is 0 Å². The van der Waals surface area contributed by atoms with E-state index in [9.17, 15) is 0 Å². The second kappa shape index (κ2) is 9.21. The van der Waals surface area contributed by atoms with Gasteiger partial charge in [-0.25, -0.2) is 0 Å². The van der Waals surface area contributed by atoms with E-state index in [1.807, 2.05) is 0 Å². The van der Waals surface area contributed by atoms with Crippen LogP contribution >= 0.6 is 0 Å². The molecule has 2 aliphatic carbocycles. The first-order chi connectivity index (χ1) is 11.8. The van der Waals surface area contributed by atoms with Crippen molar-refractivity contribution in [2.45, 2.75) is 92.1 Å². The monoisotopic (exact) mass is 344 g/mol. The first-order valence-corrected chi connectivity index (χ1v) is 10.4. The van der Waals surface area contributed by atoms with Crippen molar-refractivity contribution in [1.29, 1.82) is 0 Å². The number of allylic oxidation sites excluding steroid dienone is 5. The fourth-order valence-corrected chi connectivity index (χ4v) is 4.51. The smallest absolute Gasteiger partial charge is 0.0600 e. The van der Waals surface area contributed by atoms with E-state index in [-0.39, 0.29) is 0 Å². The Morgan fingerprint density at radius 1 is 1.28 bits per heavy atom. The number of hydrogen-bond donors (Lipinski definition) is 0. The van der Waals surface area contributed by atoms with Crippen molar-refractivity contribution < 1.29 is 4.74 Å². The Labute approximate surface area is 156 Å². The summed E-state index contributed by atoms with van der Waals surface area (Å²) in [6, 6.07) is 0. The highest BCUT2D eigenvalue weighted by Gasteiger charge is 2.47. The molecule has 0 N–H and O–H groups in total. The van der Waals surface area contributed by atoms with Crippen molar-refractivity contribution >= 4 is 0 Å². The highest BCUT2D eigenvalue weighted by molar-refractivity contribution is 5.16. The third-order valence-electron chi connectivity index (χ3n) is 6.40. The second-order valence-electron chi connectivity index (χ2n) is 9.33. The van der Waals surface area contributed by atoms with Crippen LogP contribution in [0.1, 0.15) is 86.0 Å². The highest BCUT2D eigenvalue weighted by Crippen LogP contribution is 2.56. The Morgan fingerprint density at radius 2 is 2.00 bits per heavy atom. The van der Waals surface area contributed by atoms with Crippen LogP contribution in [0.2, 0.25) is 0 Å². The predicted molar refractivity (Wildman–Crippen MR) is 110 cm³/mol. The minimum atomic E-state index is 0.568. The van der Waals surface area contributed by atoms with Gasteiger partial charge >= 0.3 is 0 Å². The fraction of sp³-hybridized carbons (Fsp3) is 0.750. The maximum atomic E-state index is 5.28. The summed E-state index contributed by atoms with van der Waals surface area (Å²) in [5, 5.41) is 0. The summed E-state index contributed by atoms with van der Waals surface area (Å²) < 4.78 is 5.28. The van der Waals surface area contributed by atoms with E-state index in [1.54, 1.807) is 5.57 Å². The fourth-order valence-electron chi connectivity index (χ4n) is 4.51. The van der Waals surface area contributed by atoms with Crippen molar-refractivity contribution in [3.05, 3.63) is 35.5 Å². The lowest BCUT2D eigenvalue weighted by Gasteiger charge is -2.53. The van der Waals surface area contributed by atoms with E-state index in [2.05, 4.69) is 53.3 Å². The normalized spacial score (nSPS) is 32.8. The van der Waals surface area contributed by atoms with Gasteiger partial charge in [-0.05, 0) is 89.4 Å². The quantitative estimate of drug-likeness (QED) is 0.490. The molecule has 0 aromatic rings. The van der Waals surface area contributed by atoms with Crippen molar-refractivity contribution in [1.82, 2.24) is 0 Å². The molecule has 2 fully saturated rings. The first kappa shape index (κ1) is 20.5. The summed E-state index contributed by atoms with van der Waals surface area (Å²) in [6.45, 7) is 16.7. The van der Waals surface area contributed by atoms with Crippen LogP contribution in [0.4, 0.5) is 0 Å². The van der Waals surface area contributed by atoms with Gasteiger partial charge in [0.25, 0.3) is 0 Å². The van der Waals surface area contributed by atoms with Gasteiger partial charge < -0.3 is 4.74 Å². The van der Waals surface area contributed by atoms with Gasteiger partial charge in [0.05, 0.1) is 6.10 Å². The van der Waals surface area contributed by atoms with Gasteiger partial charge in [-0.3, -0.25) is 0 Å². The SMILES string of the molecule is C=C1CC/C=C(\C)CC[C@@H]2[C@@H]1CC2(C)C.CC(C)=CCCC1CCO1.